The van der Waals surface area contributed by atoms with Gasteiger partial charge in [0, 0.05) is 17.7 Å². The highest BCUT2D eigenvalue weighted by Gasteiger charge is 2.22. The van der Waals surface area contributed by atoms with Crippen molar-refractivity contribution in [2.45, 2.75) is 26.3 Å². The van der Waals surface area contributed by atoms with Gasteiger partial charge in [0.05, 0.1) is 44.5 Å². The molecule has 0 saturated carbocycles. The van der Waals surface area contributed by atoms with Crippen LogP contribution in [0.1, 0.15) is 23.4 Å². The average molecular weight is 497 g/mol. The summed E-state index contributed by atoms with van der Waals surface area (Å²) in [6.07, 6.45) is 6.07. The summed E-state index contributed by atoms with van der Waals surface area (Å²) in [5.74, 6) is 0.0404. The van der Waals surface area contributed by atoms with Crippen LogP contribution in [0.5, 0.6) is 0 Å². The van der Waals surface area contributed by atoms with Crippen LogP contribution in [0, 0.1) is 30.0 Å². The van der Waals surface area contributed by atoms with E-state index in [1.165, 1.54) is 12.1 Å². The third kappa shape index (κ3) is 4.04. The molecule has 1 fully saturated rings. The number of hydrogen-bond acceptors (Lipinski definition) is 6. The van der Waals surface area contributed by atoms with Gasteiger partial charge in [0.1, 0.15) is 17.4 Å². The summed E-state index contributed by atoms with van der Waals surface area (Å²) in [7, 11) is 2.17. The van der Waals surface area contributed by atoms with Crippen molar-refractivity contribution in [1.29, 1.82) is 5.26 Å². The summed E-state index contributed by atoms with van der Waals surface area (Å²) in [6, 6.07) is 12.8. The molecule has 1 aliphatic heterocycles. The molecule has 36 heavy (non-hydrogen) atoms. The number of pyridine rings is 1. The zero-order valence-electron chi connectivity index (χ0n) is 20.2. The average Bonchev–Trinajstić information content (AvgIpc) is 3.46. The highest BCUT2D eigenvalue weighted by Crippen LogP contribution is 2.38. The fourth-order valence-electron chi connectivity index (χ4n) is 5.13. The molecule has 5 aromatic rings. The van der Waals surface area contributed by atoms with Crippen molar-refractivity contribution in [2.24, 2.45) is 5.92 Å². The lowest BCUT2D eigenvalue weighted by Crippen LogP contribution is -2.31. The molecule has 1 saturated heterocycles. The Kier molecular flexibility index (Phi) is 5.75. The summed E-state index contributed by atoms with van der Waals surface area (Å²) < 4.78 is 18.0. The lowest BCUT2D eigenvalue weighted by molar-refractivity contribution is 0.206. The van der Waals surface area contributed by atoms with Crippen molar-refractivity contribution >= 4 is 32.6 Å². The number of hydrogen-bond donors (Lipinski definition) is 0. The van der Waals surface area contributed by atoms with Gasteiger partial charge in [-0.2, -0.15) is 5.26 Å². The van der Waals surface area contributed by atoms with Crippen molar-refractivity contribution in [3.05, 3.63) is 65.3 Å². The van der Waals surface area contributed by atoms with Gasteiger partial charge in [-0.05, 0) is 75.6 Å². The van der Waals surface area contributed by atoms with Crippen molar-refractivity contribution < 1.29 is 4.39 Å². The molecule has 6 nitrogen and oxygen atoms in total. The SMILES string of the molecule is Cc1nc2cc(-c3ncc4c(ncn4CC4CCN(C)CC4)c3-c3ccc(C#N)c(F)c3)ccc2s1. The first kappa shape index (κ1) is 22.8. The number of halogens is 1. The predicted molar refractivity (Wildman–Crippen MR) is 141 cm³/mol. The van der Waals surface area contributed by atoms with E-state index in [9.17, 15) is 9.65 Å². The van der Waals surface area contributed by atoms with Crippen molar-refractivity contribution in [1.82, 2.24) is 24.4 Å². The van der Waals surface area contributed by atoms with Gasteiger partial charge in [-0.1, -0.05) is 12.1 Å². The van der Waals surface area contributed by atoms with E-state index in [4.69, 9.17) is 9.97 Å². The monoisotopic (exact) mass is 496 g/mol. The zero-order chi connectivity index (χ0) is 24.8. The first-order chi connectivity index (χ1) is 17.5. The molecule has 8 heteroatoms. The van der Waals surface area contributed by atoms with E-state index in [0.29, 0.717) is 11.5 Å². The number of aryl methyl sites for hydroxylation is 1. The smallest absolute Gasteiger partial charge is 0.141 e. The Morgan fingerprint density at radius 2 is 1.92 bits per heavy atom. The molecular formula is C28H25FN6S. The summed E-state index contributed by atoms with van der Waals surface area (Å²) in [4.78, 5) is 16.7. The van der Waals surface area contributed by atoms with E-state index < -0.39 is 5.82 Å². The highest BCUT2D eigenvalue weighted by molar-refractivity contribution is 7.18. The van der Waals surface area contributed by atoms with Gasteiger partial charge in [0.25, 0.3) is 0 Å². The lowest BCUT2D eigenvalue weighted by atomic mass is 9.96. The minimum atomic E-state index is -0.547. The van der Waals surface area contributed by atoms with E-state index in [0.717, 1.165) is 75.6 Å². The first-order valence-corrected chi connectivity index (χ1v) is 12.9. The minimum Gasteiger partial charge on any atom is -0.329 e. The number of thiazole rings is 1. The molecule has 0 radical (unpaired) electrons. The number of nitrogens with zero attached hydrogens (tertiary/aromatic N) is 6. The summed E-state index contributed by atoms with van der Waals surface area (Å²) in [5, 5.41) is 10.2. The largest absolute Gasteiger partial charge is 0.329 e. The lowest BCUT2D eigenvalue weighted by Gasteiger charge is -2.29. The molecule has 2 aromatic carbocycles. The van der Waals surface area contributed by atoms with Crippen LogP contribution in [0.4, 0.5) is 4.39 Å². The number of rotatable bonds is 4. The number of fused-ring (bicyclic) bond motifs is 2. The third-order valence-corrected chi connectivity index (χ3v) is 8.06. The standard InChI is InChI=1S/C28H25FN6S/c1-17-33-23-12-20(5-6-25(23)36-17)27-26(19-3-4-21(13-30)22(29)11-19)28-24(14-31-27)35(16-32-28)15-18-7-9-34(2)10-8-18/h3-6,11-12,14,16,18H,7-10,15H2,1-2H3. The molecule has 1 aliphatic rings. The van der Waals surface area contributed by atoms with Crippen LogP contribution >= 0.6 is 11.3 Å². The quantitative estimate of drug-likeness (QED) is 0.304. The molecule has 0 unspecified atom stereocenters. The Hall–Kier alpha value is -3.67. The molecule has 180 valence electrons. The molecule has 0 aliphatic carbocycles. The Labute approximate surface area is 212 Å². The number of piperidine rings is 1. The number of nitriles is 1. The predicted octanol–water partition coefficient (Wildman–Crippen LogP) is 6.04. The van der Waals surface area contributed by atoms with Crippen molar-refractivity contribution in [2.75, 3.05) is 20.1 Å². The topological polar surface area (TPSA) is 70.6 Å². The van der Waals surface area contributed by atoms with Gasteiger partial charge >= 0.3 is 0 Å². The second-order valence-corrected chi connectivity index (χ2v) is 10.8. The third-order valence-electron chi connectivity index (χ3n) is 7.11. The molecule has 0 amide bonds. The molecule has 0 spiro atoms. The summed E-state index contributed by atoms with van der Waals surface area (Å²) >= 11 is 1.65. The second-order valence-electron chi connectivity index (χ2n) is 9.58. The van der Waals surface area contributed by atoms with Gasteiger partial charge < -0.3 is 9.47 Å². The van der Waals surface area contributed by atoms with E-state index in [2.05, 4.69) is 27.6 Å². The van der Waals surface area contributed by atoms with Gasteiger partial charge in [0.2, 0.25) is 0 Å². The summed E-state index contributed by atoms with van der Waals surface area (Å²) in [5.41, 5.74) is 5.70. The fourth-order valence-corrected chi connectivity index (χ4v) is 5.94. The van der Waals surface area contributed by atoms with Crippen LogP contribution < -0.4 is 0 Å². The Bertz CT molecular complexity index is 1640. The van der Waals surface area contributed by atoms with Crippen molar-refractivity contribution in [3.8, 4) is 28.5 Å². The van der Waals surface area contributed by atoms with E-state index in [1.54, 1.807) is 17.4 Å². The Morgan fingerprint density at radius 1 is 1.11 bits per heavy atom. The van der Waals surface area contributed by atoms with Crippen molar-refractivity contribution in [3.63, 3.8) is 0 Å². The zero-order valence-corrected chi connectivity index (χ0v) is 21.0. The Balaban J connectivity index is 1.51. The number of aromatic nitrogens is 4. The molecule has 3 aromatic heterocycles. The molecule has 0 N–H and O–H groups in total. The van der Waals surface area contributed by atoms with Gasteiger partial charge in [0.15, 0.2) is 0 Å². The molecule has 4 heterocycles. The van der Waals surface area contributed by atoms with Crippen LogP contribution in [0.2, 0.25) is 0 Å². The fraction of sp³-hybridized carbons (Fsp3) is 0.286. The second kappa shape index (κ2) is 9.08. The number of imidazole rings is 1. The first-order valence-electron chi connectivity index (χ1n) is 12.1. The van der Waals surface area contributed by atoms with E-state index >= 15 is 0 Å². The Morgan fingerprint density at radius 3 is 2.69 bits per heavy atom. The molecular weight excluding hydrogens is 471 g/mol. The van der Waals surface area contributed by atoms with E-state index in [-0.39, 0.29) is 5.56 Å². The maximum Gasteiger partial charge on any atom is 0.141 e. The summed E-state index contributed by atoms with van der Waals surface area (Å²) in [6.45, 7) is 5.09. The molecule has 0 bridgehead atoms. The van der Waals surface area contributed by atoms with Crippen LogP contribution in [0.25, 0.3) is 43.6 Å². The molecule has 0 atom stereocenters. The highest BCUT2D eigenvalue weighted by atomic mass is 32.1. The van der Waals surface area contributed by atoms with Crippen LogP contribution in [-0.2, 0) is 6.54 Å². The van der Waals surface area contributed by atoms with Crippen LogP contribution in [0.15, 0.2) is 48.9 Å². The van der Waals surface area contributed by atoms with Gasteiger partial charge in [-0.25, -0.2) is 14.4 Å². The molecule has 6 rings (SSSR count). The van der Waals surface area contributed by atoms with Gasteiger partial charge in [-0.3, -0.25) is 4.98 Å². The number of likely N-dealkylation sites (tertiary alicyclic amines) is 1. The normalized spacial score (nSPS) is 15.1. The maximum absolute atomic E-state index is 14.7. The van der Waals surface area contributed by atoms with E-state index in [1.807, 2.05) is 37.6 Å². The maximum atomic E-state index is 14.7. The van der Waals surface area contributed by atoms with Crippen LogP contribution in [-0.4, -0.2) is 44.6 Å². The minimum absolute atomic E-state index is 0.0209. The number of benzene rings is 2. The van der Waals surface area contributed by atoms with Gasteiger partial charge in [-0.15, -0.1) is 11.3 Å². The van der Waals surface area contributed by atoms with Crippen LogP contribution in [0.3, 0.4) is 0 Å².